The van der Waals surface area contributed by atoms with Gasteiger partial charge in [0.25, 0.3) is 0 Å². The third kappa shape index (κ3) is 3.26. The van der Waals surface area contributed by atoms with Crippen molar-refractivity contribution in [1.29, 1.82) is 0 Å². The van der Waals surface area contributed by atoms with Gasteiger partial charge in [-0.2, -0.15) is 32.1 Å². The highest BCUT2D eigenvalue weighted by Gasteiger charge is 2.60. The molecule has 5 nitrogen and oxygen atoms in total. The molecule has 0 saturated heterocycles. The van der Waals surface area contributed by atoms with E-state index in [4.69, 9.17) is 11.6 Å². The summed E-state index contributed by atoms with van der Waals surface area (Å²) in [5, 5.41) is 11.6. The Balaban J connectivity index is 2.19. The van der Waals surface area contributed by atoms with Gasteiger partial charge in [0.05, 0.1) is 10.6 Å². The number of halogens is 6. The molecule has 0 bridgehead atoms. The molecule has 1 aliphatic heterocycles. The maximum absolute atomic E-state index is 13.8. The van der Waals surface area contributed by atoms with Gasteiger partial charge < -0.3 is 5.11 Å². The van der Waals surface area contributed by atoms with Crippen molar-refractivity contribution < 1.29 is 27.1 Å². The molecule has 0 radical (unpaired) electrons. The number of nitrogens with zero attached hydrogens (tertiary/aromatic N) is 4. The van der Waals surface area contributed by atoms with E-state index in [1.54, 1.807) is 11.4 Å². The van der Waals surface area contributed by atoms with Crippen LogP contribution < -0.4 is 5.01 Å². The fraction of sp³-hybridized carbons (Fsp3) is 0.357. The van der Waals surface area contributed by atoms with Crippen LogP contribution in [0.25, 0.3) is 10.6 Å². The third-order valence-electron chi connectivity index (χ3n) is 3.55. The summed E-state index contributed by atoms with van der Waals surface area (Å²) in [6, 6.07) is 3.80. The number of aliphatic hydroxyl groups is 1. The normalized spacial score (nSPS) is 21.2. The van der Waals surface area contributed by atoms with Crippen LogP contribution in [-0.4, -0.2) is 31.9 Å². The number of hydrazone groups is 1. The van der Waals surface area contributed by atoms with E-state index in [0.717, 1.165) is 11.3 Å². The van der Waals surface area contributed by atoms with Gasteiger partial charge in [0.15, 0.2) is 5.69 Å². The van der Waals surface area contributed by atoms with Crippen LogP contribution in [0, 0.1) is 0 Å². The Bertz CT molecular complexity index is 852. The second-order valence-corrected chi connectivity index (χ2v) is 6.97. The number of hydrogen-bond acceptors (Lipinski definition) is 6. The summed E-state index contributed by atoms with van der Waals surface area (Å²) in [6.07, 6.45) is -5.54. The lowest BCUT2D eigenvalue weighted by atomic mass is 10.1. The highest BCUT2D eigenvalue weighted by Crippen LogP contribution is 2.44. The zero-order valence-corrected chi connectivity index (χ0v) is 14.5. The highest BCUT2D eigenvalue weighted by molar-refractivity contribution is 7.13. The molecule has 0 spiro atoms. The van der Waals surface area contributed by atoms with Crippen molar-refractivity contribution in [2.45, 2.75) is 30.6 Å². The van der Waals surface area contributed by atoms with Crippen LogP contribution in [0.5, 0.6) is 0 Å². The van der Waals surface area contributed by atoms with Gasteiger partial charge in [0.1, 0.15) is 0 Å². The topological polar surface area (TPSA) is 61.6 Å². The maximum atomic E-state index is 13.8. The molecular formula is C14H10ClF5N4OS. The molecule has 0 aliphatic carbocycles. The molecule has 140 valence electrons. The van der Waals surface area contributed by atoms with Gasteiger partial charge in [-0.15, -0.1) is 11.3 Å². The summed E-state index contributed by atoms with van der Waals surface area (Å²) in [5.74, 6) is -0.831. The lowest BCUT2D eigenvalue weighted by Gasteiger charge is -2.34. The van der Waals surface area contributed by atoms with Crippen LogP contribution in [0.1, 0.15) is 19.0 Å². The first-order valence-corrected chi connectivity index (χ1v) is 8.31. The molecule has 0 aromatic carbocycles. The number of alkyl halides is 6. The highest BCUT2D eigenvalue weighted by atomic mass is 35.5. The SMILES string of the molecule is CC1=NN(c2nc(-c3cccs3)cc(C(F)(F)F)n2)C(O)(C(F)(F)Cl)C1. The van der Waals surface area contributed by atoms with E-state index in [0.29, 0.717) is 10.9 Å². The predicted molar refractivity (Wildman–Crippen MR) is 86.3 cm³/mol. The third-order valence-corrected chi connectivity index (χ3v) is 4.74. The Morgan fingerprint density at radius 3 is 2.50 bits per heavy atom. The molecule has 1 unspecified atom stereocenters. The summed E-state index contributed by atoms with van der Waals surface area (Å²) >= 11 is 6.09. The van der Waals surface area contributed by atoms with Crippen molar-refractivity contribution in [3.05, 3.63) is 29.3 Å². The molecule has 0 amide bonds. The number of thiophene rings is 1. The molecule has 3 heterocycles. The fourth-order valence-electron chi connectivity index (χ4n) is 2.38. The summed E-state index contributed by atoms with van der Waals surface area (Å²) < 4.78 is 67.1. The van der Waals surface area contributed by atoms with Crippen LogP contribution in [0.15, 0.2) is 28.7 Å². The lowest BCUT2D eigenvalue weighted by Crippen LogP contribution is -2.55. The summed E-state index contributed by atoms with van der Waals surface area (Å²) in [6.45, 7) is 1.32. The summed E-state index contributed by atoms with van der Waals surface area (Å²) in [5.41, 5.74) is -4.55. The minimum absolute atomic E-state index is 0.0338. The minimum atomic E-state index is -4.86. The van der Waals surface area contributed by atoms with E-state index >= 15 is 0 Å². The maximum Gasteiger partial charge on any atom is 0.433 e. The predicted octanol–water partition coefficient (Wildman–Crippen LogP) is 4.33. The molecule has 1 N–H and O–H groups in total. The molecule has 2 aromatic rings. The van der Waals surface area contributed by atoms with Crippen LogP contribution in [-0.2, 0) is 6.18 Å². The van der Waals surface area contributed by atoms with Gasteiger partial charge in [-0.05, 0) is 36.0 Å². The second-order valence-electron chi connectivity index (χ2n) is 5.55. The Hall–Kier alpha value is -1.85. The van der Waals surface area contributed by atoms with E-state index in [1.807, 2.05) is 0 Å². The molecule has 26 heavy (non-hydrogen) atoms. The van der Waals surface area contributed by atoms with E-state index in [9.17, 15) is 27.1 Å². The number of anilines is 1. The Morgan fingerprint density at radius 2 is 1.96 bits per heavy atom. The van der Waals surface area contributed by atoms with Crippen molar-refractivity contribution in [3.63, 3.8) is 0 Å². The zero-order chi connectivity index (χ0) is 19.3. The molecule has 2 aromatic heterocycles. The van der Waals surface area contributed by atoms with Gasteiger partial charge in [-0.25, -0.2) is 9.97 Å². The van der Waals surface area contributed by atoms with E-state index < -0.39 is 35.3 Å². The smallest absolute Gasteiger partial charge is 0.363 e. The van der Waals surface area contributed by atoms with E-state index in [-0.39, 0.29) is 16.4 Å². The quantitative estimate of drug-likeness (QED) is 0.602. The van der Waals surface area contributed by atoms with Crippen molar-refractivity contribution in [2.75, 3.05) is 5.01 Å². The Kier molecular flexibility index (Phi) is 4.44. The summed E-state index contributed by atoms with van der Waals surface area (Å²) in [7, 11) is 0. The van der Waals surface area contributed by atoms with Gasteiger partial charge in [-0.1, -0.05) is 6.07 Å². The number of hydrogen-bond donors (Lipinski definition) is 1. The van der Waals surface area contributed by atoms with Crippen molar-refractivity contribution in [3.8, 4) is 10.6 Å². The molecule has 0 saturated carbocycles. The first-order valence-electron chi connectivity index (χ1n) is 7.05. The van der Waals surface area contributed by atoms with Crippen molar-refractivity contribution in [1.82, 2.24) is 9.97 Å². The molecule has 3 rings (SSSR count). The van der Waals surface area contributed by atoms with Crippen LogP contribution in [0.4, 0.5) is 27.9 Å². The molecule has 0 fully saturated rings. The molecular weight excluding hydrogens is 403 g/mol. The van der Waals surface area contributed by atoms with Gasteiger partial charge in [-0.3, -0.25) is 0 Å². The van der Waals surface area contributed by atoms with E-state index in [1.165, 1.54) is 13.0 Å². The summed E-state index contributed by atoms with van der Waals surface area (Å²) in [4.78, 5) is 7.52. The van der Waals surface area contributed by atoms with Gasteiger partial charge >= 0.3 is 11.6 Å². The van der Waals surface area contributed by atoms with Crippen LogP contribution in [0.2, 0.25) is 0 Å². The molecule has 1 atom stereocenters. The van der Waals surface area contributed by atoms with E-state index in [2.05, 4.69) is 15.1 Å². The zero-order valence-electron chi connectivity index (χ0n) is 12.9. The second kappa shape index (κ2) is 6.10. The van der Waals surface area contributed by atoms with Crippen LogP contribution >= 0.6 is 22.9 Å². The lowest BCUT2D eigenvalue weighted by molar-refractivity contribution is -0.141. The van der Waals surface area contributed by atoms with Gasteiger partial charge in [0, 0.05) is 12.1 Å². The van der Waals surface area contributed by atoms with Gasteiger partial charge in [0.2, 0.25) is 11.7 Å². The van der Waals surface area contributed by atoms with Crippen LogP contribution in [0.3, 0.4) is 0 Å². The Labute approximate surface area is 152 Å². The Morgan fingerprint density at radius 1 is 1.27 bits per heavy atom. The first kappa shape index (κ1) is 18.9. The molecule has 12 heteroatoms. The number of rotatable bonds is 3. The fourth-order valence-corrected chi connectivity index (χ4v) is 3.21. The molecule has 1 aliphatic rings. The van der Waals surface area contributed by atoms with Crippen molar-refractivity contribution >= 4 is 34.6 Å². The average Bonchev–Trinajstić information content (AvgIpc) is 3.13. The average molecular weight is 413 g/mol. The largest absolute Gasteiger partial charge is 0.433 e. The van der Waals surface area contributed by atoms with Crippen molar-refractivity contribution in [2.24, 2.45) is 5.10 Å². The first-order chi connectivity index (χ1) is 11.9. The minimum Gasteiger partial charge on any atom is -0.363 e. The standard InChI is InChI=1S/C14H10ClF5N4OS/c1-7-6-12(25,14(15,19)20)24(23-7)11-21-8(9-3-2-4-26-9)5-10(22-11)13(16,17)18/h2-5,25H,6H2,1H3. The number of aromatic nitrogens is 2. The monoisotopic (exact) mass is 412 g/mol.